The van der Waals surface area contributed by atoms with E-state index in [-0.39, 0.29) is 93.2 Å². The lowest BCUT2D eigenvalue weighted by Crippen LogP contribution is -2.62. The monoisotopic (exact) mass is 826 g/mol. The molecule has 4 aromatic rings. The zero-order valence-corrected chi connectivity index (χ0v) is 34.4. The van der Waals surface area contributed by atoms with E-state index in [0.717, 1.165) is 77.4 Å². The van der Waals surface area contributed by atoms with E-state index in [1.165, 1.54) is 38.5 Å². The second-order valence-electron chi connectivity index (χ2n) is 17.9. The molecular formula is C45H52F2N6O7. The summed E-state index contributed by atoms with van der Waals surface area (Å²) < 4.78 is 55.8. The number of amides is 1. The molecule has 15 heteroatoms. The Labute approximate surface area is 348 Å². The molecule has 0 bridgehead atoms. The number of fused-ring (bicyclic) bond motifs is 3. The summed E-state index contributed by atoms with van der Waals surface area (Å²) in [6, 6.07) is 6.13. The van der Waals surface area contributed by atoms with Crippen molar-refractivity contribution in [3.05, 3.63) is 41.5 Å². The van der Waals surface area contributed by atoms with E-state index in [9.17, 15) is 15.0 Å². The van der Waals surface area contributed by atoms with Crippen molar-refractivity contribution in [2.24, 2.45) is 10.8 Å². The molecule has 3 unspecified atom stereocenters. The van der Waals surface area contributed by atoms with E-state index in [4.69, 9.17) is 35.3 Å². The van der Waals surface area contributed by atoms with Crippen LogP contribution in [0.5, 0.6) is 17.6 Å². The van der Waals surface area contributed by atoms with Gasteiger partial charge in [-0.2, -0.15) is 9.97 Å². The van der Waals surface area contributed by atoms with Crippen LogP contribution in [-0.4, -0.2) is 126 Å². The topological polar surface area (TPSA) is 143 Å². The van der Waals surface area contributed by atoms with E-state index >= 15 is 8.78 Å². The van der Waals surface area contributed by atoms with Crippen LogP contribution in [0.3, 0.4) is 0 Å². The molecule has 3 aliphatic heterocycles. The highest BCUT2D eigenvalue weighted by Crippen LogP contribution is 2.52. The molecule has 9 rings (SSSR count). The smallest absolute Gasteiger partial charge is 0.409 e. The molecule has 2 saturated carbocycles. The quantitative estimate of drug-likeness (QED) is 0.198. The average Bonchev–Trinajstić information content (AvgIpc) is 3.58. The van der Waals surface area contributed by atoms with E-state index in [2.05, 4.69) is 15.8 Å². The van der Waals surface area contributed by atoms with Crippen molar-refractivity contribution in [3.63, 3.8) is 0 Å². The van der Waals surface area contributed by atoms with Crippen LogP contribution in [0.2, 0.25) is 0 Å². The number of hydrogen-bond acceptors (Lipinski definition) is 12. The van der Waals surface area contributed by atoms with Gasteiger partial charge in [-0.25, -0.2) is 18.6 Å². The fourth-order valence-electron chi connectivity index (χ4n) is 11.1. The van der Waals surface area contributed by atoms with Crippen LogP contribution in [-0.2, 0) is 9.47 Å². The second-order valence-corrected chi connectivity index (χ2v) is 17.9. The summed E-state index contributed by atoms with van der Waals surface area (Å²) in [5.74, 6) is 0.889. The number of nitrogens with zero attached hydrogens (tertiary/aromatic N) is 6. The van der Waals surface area contributed by atoms with Gasteiger partial charge in [0.1, 0.15) is 39.6 Å². The largest absolute Gasteiger partial charge is 0.508 e. The molecule has 13 nitrogen and oxygen atoms in total. The number of terminal acetylenes is 1. The highest BCUT2D eigenvalue weighted by Gasteiger charge is 2.53. The zero-order valence-electron chi connectivity index (χ0n) is 34.4. The summed E-state index contributed by atoms with van der Waals surface area (Å²) in [7, 11) is 2.83. The number of carbonyl (C=O) groups is 1. The van der Waals surface area contributed by atoms with Crippen molar-refractivity contribution in [1.82, 2.24) is 24.8 Å². The maximum atomic E-state index is 17.4. The Morgan fingerprint density at radius 1 is 1.02 bits per heavy atom. The SMILES string of the molecule is C#Cc1c(F)ccc2cc(O)cc(-c3nc(OC)c4c(N5CCOCC(C)(O)C5)nc(OCC56CCCC5N(C5CCC7(CC5)CN(C(=O)OC)C7)CCC6)nc4c3F)c12. The van der Waals surface area contributed by atoms with Crippen molar-refractivity contribution in [2.75, 3.05) is 71.7 Å². The van der Waals surface area contributed by atoms with Crippen LogP contribution < -0.4 is 14.4 Å². The van der Waals surface area contributed by atoms with Crippen LogP contribution in [0, 0.1) is 34.8 Å². The van der Waals surface area contributed by atoms with Crippen LogP contribution in [0.25, 0.3) is 32.9 Å². The molecule has 1 amide bonds. The summed E-state index contributed by atoms with van der Waals surface area (Å²) >= 11 is 0. The number of ether oxygens (including phenoxy) is 4. The first-order chi connectivity index (χ1) is 28.9. The zero-order chi connectivity index (χ0) is 42.0. The number of halogens is 2. The molecule has 2 aliphatic carbocycles. The van der Waals surface area contributed by atoms with Crippen LogP contribution in [0.4, 0.5) is 19.4 Å². The highest BCUT2D eigenvalue weighted by atomic mass is 19.1. The number of phenolic OH excluding ortho intramolecular Hbond substituents is 1. The maximum absolute atomic E-state index is 17.4. The molecule has 5 heterocycles. The van der Waals surface area contributed by atoms with Gasteiger partial charge in [-0.3, -0.25) is 4.90 Å². The molecular weight excluding hydrogens is 775 g/mol. The number of carbonyl (C=O) groups excluding carboxylic acids is 1. The Hall–Kier alpha value is -5.04. The number of likely N-dealkylation sites (tertiary alicyclic amines) is 2. The summed E-state index contributed by atoms with van der Waals surface area (Å²) in [4.78, 5) is 32.7. The van der Waals surface area contributed by atoms with Crippen molar-refractivity contribution >= 4 is 33.6 Å². The predicted octanol–water partition coefficient (Wildman–Crippen LogP) is 6.43. The standard InChI is InChI=1S/C45H52F2N6O7/c1-5-30-32(46)10-9-27-20-29(54)21-31(34(27)30)37-36(47)38-35(40(48-37)57-3)39(51-18-19-59-25-43(2,56)22-51)50-41(49-38)60-26-45-13-6-8-33(45)53(17-7-14-45)28-11-15-44(16-12-28)23-52(24-44)42(55)58-4/h1,9-10,20-21,28,33,54,56H,6-8,11-19,22-26H2,2-4H3. The van der Waals surface area contributed by atoms with Gasteiger partial charge >= 0.3 is 12.1 Å². The minimum Gasteiger partial charge on any atom is -0.508 e. The number of rotatable bonds is 7. The number of anilines is 1. The first-order valence-electron chi connectivity index (χ1n) is 21.0. The van der Waals surface area contributed by atoms with E-state index in [0.29, 0.717) is 30.6 Å². The number of aromatic nitrogens is 3. The van der Waals surface area contributed by atoms with Gasteiger partial charge in [0.2, 0.25) is 5.88 Å². The van der Waals surface area contributed by atoms with Crippen molar-refractivity contribution in [3.8, 4) is 41.2 Å². The van der Waals surface area contributed by atoms with Crippen molar-refractivity contribution in [2.45, 2.75) is 82.4 Å². The van der Waals surface area contributed by atoms with Gasteiger partial charge in [0.05, 0.1) is 46.1 Å². The minimum absolute atomic E-state index is 0.0190. The Morgan fingerprint density at radius 3 is 2.55 bits per heavy atom. The normalized spacial score (nSPS) is 25.8. The number of hydrogen-bond donors (Lipinski definition) is 2. The third-order valence-electron chi connectivity index (χ3n) is 13.9. The molecule has 3 atom stereocenters. The Kier molecular flexibility index (Phi) is 10.4. The van der Waals surface area contributed by atoms with E-state index < -0.39 is 17.2 Å². The molecule has 60 heavy (non-hydrogen) atoms. The minimum atomic E-state index is -1.26. The Morgan fingerprint density at radius 2 is 1.80 bits per heavy atom. The number of aliphatic hydroxyl groups is 1. The van der Waals surface area contributed by atoms with Crippen molar-refractivity contribution in [1.29, 1.82) is 0 Å². The Bertz CT molecular complexity index is 2370. The highest BCUT2D eigenvalue weighted by molar-refractivity contribution is 6.04. The summed E-state index contributed by atoms with van der Waals surface area (Å²) in [5.41, 5.74) is -1.67. The molecule has 318 valence electrons. The summed E-state index contributed by atoms with van der Waals surface area (Å²) in [5, 5.41) is 22.8. The first kappa shape index (κ1) is 40.4. The third kappa shape index (κ3) is 7.00. The molecule has 2 aromatic carbocycles. The number of piperidine rings is 1. The van der Waals surface area contributed by atoms with Crippen LogP contribution >= 0.6 is 0 Å². The molecule has 2 aromatic heterocycles. The number of β-amino-alcohol motifs (C(OH)–C–C–N with tert-alkyl or cyclic N) is 1. The predicted molar refractivity (Wildman–Crippen MR) is 220 cm³/mol. The molecule has 5 aliphatic rings. The van der Waals surface area contributed by atoms with Crippen molar-refractivity contribution < 1.29 is 42.7 Å². The maximum Gasteiger partial charge on any atom is 0.409 e. The number of phenols is 1. The van der Waals surface area contributed by atoms with E-state index in [1.54, 1.807) is 11.8 Å². The average molecular weight is 827 g/mol. The number of pyridine rings is 1. The van der Waals surface area contributed by atoms with Gasteiger partial charge in [-0.05, 0) is 88.4 Å². The van der Waals surface area contributed by atoms with Gasteiger partial charge < -0.3 is 39.0 Å². The van der Waals surface area contributed by atoms with Crippen LogP contribution in [0.1, 0.15) is 70.3 Å². The summed E-state index contributed by atoms with van der Waals surface area (Å²) in [6.45, 7) is 5.36. The van der Waals surface area contributed by atoms with Gasteiger partial charge in [0.25, 0.3) is 0 Å². The lowest BCUT2D eigenvalue weighted by atomic mass is 9.66. The molecule has 1 spiro atoms. The first-order valence-corrected chi connectivity index (χ1v) is 21.0. The van der Waals surface area contributed by atoms with Crippen LogP contribution in [0.15, 0.2) is 24.3 Å². The molecule has 5 fully saturated rings. The number of methoxy groups -OCH3 is 2. The molecule has 3 saturated heterocycles. The number of aromatic hydroxyl groups is 1. The summed E-state index contributed by atoms with van der Waals surface area (Å²) in [6.07, 6.45) is 15.0. The Balaban J connectivity index is 1.08. The fourth-order valence-corrected chi connectivity index (χ4v) is 11.1. The molecule has 0 radical (unpaired) electrons. The fraction of sp³-hybridized carbons (Fsp3) is 0.556. The lowest BCUT2D eigenvalue weighted by Gasteiger charge is -2.56. The second kappa shape index (κ2) is 15.5. The van der Waals surface area contributed by atoms with Gasteiger partial charge in [-0.15, -0.1) is 6.42 Å². The molecule has 2 N–H and O–H groups in total. The van der Waals surface area contributed by atoms with Gasteiger partial charge in [0, 0.05) is 53.5 Å². The third-order valence-corrected chi connectivity index (χ3v) is 13.9. The number of benzene rings is 2. The van der Waals surface area contributed by atoms with Gasteiger partial charge in [-0.1, -0.05) is 18.4 Å². The van der Waals surface area contributed by atoms with E-state index in [1.807, 2.05) is 4.90 Å². The van der Waals surface area contributed by atoms with Gasteiger partial charge in [0.15, 0.2) is 5.82 Å². The lowest BCUT2D eigenvalue weighted by molar-refractivity contribution is -0.0671.